The Morgan fingerprint density at radius 1 is 1.07 bits per heavy atom. The molecule has 0 saturated carbocycles. The summed E-state index contributed by atoms with van der Waals surface area (Å²) < 4.78 is 16.5. The highest BCUT2D eigenvalue weighted by molar-refractivity contribution is 5.84. The summed E-state index contributed by atoms with van der Waals surface area (Å²) in [5, 5.41) is 3.09. The Labute approximate surface area is 167 Å². The molecule has 0 radical (unpaired) electrons. The van der Waals surface area contributed by atoms with Crippen LogP contribution in [0.4, 0.5) is 4.39 Å². The van der Waals surface area contributed by atoms with Gasteiger partial charge in [0, 0.05) is 6.54 Å². The molecule has 0 aliphatic carbocycles. The molecule has 0 spiro atoms. The number of hydrogen-bond acceptors (Lipinski definition) is 3. The number of fused-ring (bicyclic) bond motifs is 1. The molecule has 3 rings (SSSR count). The molecule has 6 nitrogen and oxygen atoms in total. The second-order valence-electron chi connectivity index (χ2n) is 7.32. The number of nitrogens with one attached hydrogen (secondary N) is 1. The molecule has 0 fully saturated rings. The Morgan fingerprint density at radius 2 is 1.72 bits per heavy atom. The van der Waals surface area contributed by atoms with Crippen LogP contribution in [0.25, 0.3) is 16.6 Å². The van der Waals surface area contributed by atoms with Gasteiger partial charge in [-0.15, -0.1) is 0 Å². The zero-order chi connectivity index (χ0) is 21.1. The summed E-state index contributed by atoms with van der Waals surface area (Å²) in [7, 11) is 0. The highest BCUT2D eigenvalue weighted by atomic mass is 19.1. The topological polar surface area (TPSA) is 73.1 Å². The molecule has 3 aromatic rings. The van der Waals surface area contributed by atoms with Gasteiger partial charge >= 0.3 is 5.69 Å². The first-order chi connectivity index (χ1) is 13.9. The minimum atomic E-state index is -0.829. The molecule has 152 valence electrons. The molecule has 0 saturated heterocycles. The van der Waals surface area contributed by atoms with Crippen LogP contribution in [0.1, 0.15) is 33.2 Å². The van der Waals surface area contributed by atoms with Crippen molar-refractivity contribution in [2.75, 3.05) is 6.54 Å². The number of hydrogen-bond donors (Lipinski definition) is 1. The van der Waals surface area contributed by atoms with Crippen molar-refractivity contribution in [1.82, 2.24) is 14.5 Å². The second-order valence-corrected chi connectivity index (χ2v) is 7.32. The average molecular weight is 397 g/mol. The van der Waals surface area contributed by atoms with Crippen molar-refractivity contribution >= 4 is 16.8 Å². The van der Waals surface area contributed by atoms with E-state index in [1.54, 1.807) is 37.3 Å². The van der Waals surface area contributed by atoms with E-state index in [0.717, 1.165) is 4.57 Å². The summed E-state index contributed by atoms with van der Waals surface area (Å²) in [6.07, 6.45) is 0.337. The van der Waals surface area contributed by atoms with E-state index in [9.17, 15) is 18.8 Å². The summed E-state index contributed by atoms with van der Waals surface area (Å²) >= 11 is 0. The Hall–Kier alpha value is -3.22. The smallest absolute Gasteiger partial charge is 0.336 e. The van der Waals surface area contributed by atoms with Crippen molar-refractivity contribution in [3.8, 4) is 5.69 Å². The summed E-state index contributed by atoms with van der Waals surface area (Å²) in [5.41, 5.74) is -1.16. The molecule has 1 aromatic heterocycles. The minimum Gasteiger partial charge on any atom is -0.354 e. The molecule has 0 aliphatic heterocycles. The van der Waals surface area contributed by atoms with Crippen molar-refractivity contribution in [1.29, 1.82) is 0 Å². The number of carbonyl (C=O) groups excluding carboxylic acids is 1. The number of nitrogens with zero attached hydrogens (tertiary/aromatic N) is 2. The van der Waals surface area contributed by atoms with E-state index in [2.05, 4.69) is 5.32 Å². The SMILES string of the molecule is CCC(C(=O)NCC(C)C)n1c(=O)n(-c2ccccc2F)c(=O)c2ccccc21. The normalized spacial score (nSPS) is 12.3. The monoisotopic (exact) mass is 397 g/mol. The maximum atomic E-state index is 14.4. The van der Waals surface area contributed by atoms with Crippen molar-refractivity contribution in [2.45, 2.75) is 33.2 Å². The van der Waals surface area contributed by atoms with Gasteiger partial charge in [-0.1, -0.05) is 45.0 Å². The maximum absolute atomic E-state index is 14.4. The number of halogens is 1. The van der Waals surface area contributed by atoms with Crippen LogP contribution < -0.4 is 16.6 Å². The van der Waals surface area contributed by atoms with Gasteiger partial charge in [-0.05, 0) is 36.6 Å². The number of aromatic nitrogens is 2. The molecular formula is C22H24FN3O3. The van der Waals surface area contributed by atoms with E-state index in [1.165, 1.54) is 22.8 Å². The molecule has 1 unspecified atom stereocenters. The van der Waals surface area contributed by atoms with Crippen LogP contribution >= 0.6 is 0 Å². The third-order valence-corrected chi connectivity index (χ3v) is 4.77. The number of rotatable bonds is 6. The van der Waals surface area contributed by atoms with E-state index in [0.29, 0.717) is 18.5 Å². The predicted molar refractivity (Wildman–Crippen MR) is 111 cm³/mol. The van der Waals surface area contributed by atoms with E-state index in [1.807, 2.05) is 13.8 Å². The van der Waals surface area contributed by atoms with Crippen LogP contribution in [0.2, 0.25) is 0 Å². The summed E-state index contributed by atoms with van der Waals surface area (Å²) in [5.74, 6) is -0.754. The molecule has 1 N–H and O–H groups in total. The molecule has 1 atom stereocenters. The fourth-order valence-corrected chi connectivity index (χ4v) is 3.34. The number of amides is 1. The van der Waals surface area contributed by atoms with Crippen molar-refractivity contribution in [3.63, 3.8) is 0 Å². The van der Waals surface area contributed by atoms with Crippen LogP contribution in [-0.4, -0.2) is 21.6 Å². The molecule has 0 aliphatic rings. The van der Waals surface area contributed by atoms with Gasteiger partial charge in [0.25, 0.3) is 5.56 Å². The van der Waals surface area contributed by atoms with Crippen LogP contribution in [0.3, 0.4) is 0 Å². The maximum Gasteiger partial charge on any atom is 0.336 e. The lowest BCUT2D eigenvalue weighted by Crippen LogP contribution is -2.45. The summed E-state index contributed by atoms with van der Waals surface area (Å²) in [6.45, 7) is 6.21. The van der Waals surface area contributed by atoms with E-state index < -0.39 is 23.1 Å². The Morgan fingerprint density at radius 3 is 2.38 bits per heavy atom. The minimum absolute atomic E-state index is 0.139. The van der Waals surface area contributed by atoms with Gasteiger partial charge in [0.05, 0.1) is 16.6 Å². The van der Waals surface area contributed by atoms with E-state index >= 15 is 0 Å². The summed E-state index contributed by atoms with van der Waals surface area (Å²) in [4.78, 5) is 39.3. The highest BCUT2D eigenvalue weighted by Crippen LogP contribution is 2.18. The molecule has 7 heteroatoms. The molecule has 2 aromatic carbocycles. The Balaban J connectivity index is 2.32. The molecule has 0 bridgehead atoms. The first kappa shape index (κ1) is 20.5. The summed E-state index contributed by atoms with van der Waals surface area (Å²) in [6, 6.07) is 11.3. The fraction of sp³-hybridized carbons (Fsp3) is 0.318. The lowest BCUT2D eigenvalue weighted by molar-refractivity contribution is -0.124. The largest absolute Gasteiger partial charge is 0.354 e. The highest BCUT2D eigenvalue weighted by Gasteiger charge is 2.25. The van der Waals surface area contributed by atoms with Crippen molar-refractivity contribution < 1.29 is 9.18 Å². The van der Waals surface area contributed by atoms with Crippen LogP contribution in [0, 0.1) is 11.7 Å². The number of para-hydroxylation sites is 2. The zero-order valence-corrected chi connectivity index (χ0v) is 16.7. The van der Waals surface area contributed by atoms with Gasteiger partial charge in [-0.2, -0.15) is 0 Å². The molecule has 1 amide bonds. The van der Waals surface area contributed by atoms with Gasteiger partial charge in [-0.3, -0.25) is 14.2 Å². The third kappa shape index (κ3) is 3.85. The van der Waals surface area contributed by atoms with Gasteiger partial charge in [-0.25, -0.2) is 13.8 Å². The molecule has 29 heavy (non-hydrogen) atoms. The van der Waals surface area contributed by atoms with E-state index in [-0.39, 0.29) is 22.9 Å². The van der Waals surface area contributed by atoms with E-state index in [4.69, 9.17) is 0 Å². The molecular weight excluding hydrogens is 373 g/mol. The van der Waals surface area contributed by atoms with Crippen LogP contribution in [0.15, 0.2) is 58.1 Å². The van der Waals surface area contributed by atoms with Crippen LogP contribution in [0.5, 0.6) is 0 Å². The van der Waals surface area contributed by atoms with Crippen molar-refractivity contribution in [3.05, 3.63) is 75.2 Å². The predicted octanol–water partition coefficient (Wildman–Crippen LogP) is 3.01. The first-order valence-corrected chi connectivity index (χ1v) is 9.65. The van der Waals surface area contributed by atoms with Gasteiger partial charge in [0.1, 0.15) is 11.9 Å². The lowest BCUT2D eigenvalue weighted by Gasteiger charge is -2.22. The van der Waals surface area contributed by atoms with Gasteiger partial charge in [0.15, 0.2) is 0 Å². The second kappa shape index (κ2) is 8.43. The van der Waals surface area contributed by atoms with Crippen molar-refractivity contribution in [2.24, 2.45) is 5.92 Å². The van der Waals surface area contributed by atoms with Gasteiger partial charge in [0.2, 0.25) is 5.91 Å². The average Bonchev–Trinajstić information content (AvgIpc) is 2.70. The zero-order valence-electron chi connectivity index (χ0n) is 16.7. The quantitative estimate of drug-likeness (QED) is 0.695. The standard InChI is InChI=1S/C22H24FN3O3/c1-4-17(20(27)24-13-14(2)3)25-18-11-7-5-9-15(18)21(28)26(22(25)29)19-12-8-6-10-16(19)23/h5-12,14,17H,4,13H2,1-3H3,(H,24,27). The first-order valence-electron chi connectivity index (χ1n) is 9.65. The van der Waals surface area contributed by atoms with Gasteiger partial charge < -0.3 is 5.32 Å². The Bertz CT molecular complexity index is 1160. The fourth-order valence-electron chi connectivity index (χ4n) is 3.34. The lowest BCUT2D eigenvalue weighted by atomic mass is 10.1. The number of benzene rings is 2. The Kier molecular flexibility index (Phi) is 5.96. The van der Waals surface area contributed by atoms with Crippen LogP contribution in [-0.2, 0) is 4.79 Å². The number of carbonyl (C=O) groups is 1. The third-order valence-electron chi connectivity index (χ3n) is 4.77. The molecule has 1 heterocycles.